The van der Waals surface area contributed by atoms with E-state index in [1.807, 2.05) is 82.3 Å². The Labute approximate surface area is 194 Å². The molecule has 2 atom stereocenters. The third-order valence-electron chi connectivity index (χ3n) is 7.75. The summed E-state index contributed by atoms with van der Waals surface area (Å²) in [5.74, 6) is 0.627. The normalized spacial score (nSPS) is 15.8. The maximum absolute atomic E-state index is 11.9. The quantitative estimate of drug-likeness (QED) is 0.431. The first-order chi connectivity index (χ1) is 15.0. The van der Waals surface area contributed by atoms with Crippen LogP contribution in [0.5, 0.6) is 5.75 Å². The number of rotatable bonds is 11. The van der Waals surface area contributed by atoms with Gasteiger partial charge in [0.2, 0.25) is 0 Å². The molecule has 0 aliphatic rings. The Kier molecular flexibility index (Phi) is 8.20. The standard InChI is InChI=1S/C28H42O4/c1-8-25(4,5)24(31)27(19-29,20-30)28(26(6,7)9-2,22-17-15-21(3)16-18-22)32-23-13-11-10-12-14-23/h10-18,24,29-31H,8-9,19-20H2,1-7H3. The van der Waals surface area contributed by atoms with E-state index >= 15 is 0 Å². The summed E-state index contributed by atoms with van der Waals surface area (Å²) >= 11 is 0. The van der Waals surface area contributed by atoms with Crippen molar-refractivity contribution in [2.45, 2.75) is 73.0 Å². The molecule has 2 aromatic carbocycles. The number of ether oxygens (including phenoxy) is 1. The molecule has 0 aliphatic carbocycles. The van der Waals surface area contributed by atoms with Gasteiger partial charge in [0.05, 0.1) is 24.7 Å². The van der Waals surface area contributed by atoms with Gasteiger partial charge in [-0.2, -0.15) is 0 Å². The molecule has 0 saturated carbocycles. The van der Waals surface area contributed by atoms with Crippen molar-refractivity contribution in [3.8, 4) is 5.75 Å². The van der Waals surface area contributed by atoms with Gasteiger partial charge in [-0.15, -0.1) is 0 Å². The van der Waals surface area contributed by atoms with Gasteiger partial charge in [-0.25, -0.2) is 0 Å². The molecule has 32 heavy (non-hydrogen) atoms. The number of benzene rings is 2. The Morgan fingerprint density at radius 2 is 1.34 bits per heavy atom. The van der Waals surface area contributed by atoms with E-state index in [9.17, 15) is 15.3 Å². The van der Waals surface area contributed by atoms with E-state index in [4.69, 9.17) is 4.74 Å². The maximum atomic E-state index is 11.9. The molecule has 3 N–H and O–H groups in total. The largest absolute Gasteiger partial charge is 0.481 e. The highest BCUT2D eigenvalue weighted by Gasteiger charge is 2.66. The lowest BCUT2D eigenvalue weighted by molar-refractivity contribution is -0.245. The van der Waals surface area contributed by atoms with Gasteiger partial charge in [-0.05, 0) is 42.9 Å². The minimum atomic E-state index is -1.38. The van der Waals surface area contributed by atoms with Crippen LogP contribution < -0.4 is 4.74 Å². The number of para-hydroxylation sites is 1. The van der Waals surface area contributed by atoms with E-state index in [1.165, 1.54) is 0 Å². The van der Waals surface area contributed by atoms with Crippen molar-refractivity contribution in [1.29, 1.82) is 0 Å². The number of hydrogen-bond donors (Lipinski definition) is 3. The summed E-state index contributed by atoms with van der Waals surface area (Å²) in [4.78, 5) is 0. The Balaban J connectivity index is 3.00. The Bertz CT molecular complexity index is 837. The zero-order chi connectivity index (χ0) is 24.2. The maximum Gasteiger partial charge on any atom is 0.151 e. The van der Waals surface area contributed by atoms with E-state index in [1.54, 1.807) is 0 Å². The fourth-order valence-corrected chi connectivity index (χ4v) is 4.93. The average Bonchev–Trinajstić information content (AvgIpc) is 2.80. The molecule has 0 aliphatic heterocycles. The summed E-state index contributed by atoms with van der Waals surface area (Å²) in [6.07, 6.45) is 0.345. The number of aliphatic hydroxyl groups excluding tert-OH is 3. The van der Waals surface area contributed by atoms with Gasteiger partial charge in [-0.3, -0.25) is 0 Å². The van der Waals surface area contributed by atoms with E-state index < -0.39 is 41.2 Å². The molecule has 0 radical (unpaired) electrons. The molecule has 178 valence electrons. The van der Waals surface area contributed by atoms with Crippen LogP contribution in [0.15, 0.2) is 54.6 Å². The Hall–Kier alpha value is -1.88. The first-order valence-electron chi connectivity index (χ1n) is 11.7. The van der Waals surface area contributed by atoms with Gasteiger partial charge in [0.15, 0.2) is 5.60 Å². The van der Waals surface area contributed by atoms with E-state index in [-0.39, 0.29) is 0 Å². The summed E-state index contributed by atoms with van der Waals surface area (Å²) in [6, 6.07) is 17.5. The first-order valence-corrected chi connectivity index (χ1v) is 11.7. The fourth-order valence-electron chi connectivity index (χ4n) is 4.93. The molecule has 0 fully saturated rings. The van der Waals surface area contributed by atoms with Gasteiger partial charge < -0.3 is 20.1 Å². The smallest absolute Gasteiger partial charge is 0.151 e. The molecule has 0 bridgehead atoms. The van der Waals surface area contributed by atoms with E-state index in [2.05, 4.69) is 20.8 Å². The average molecular weight is 443 g/mol. The highest BCUT2D eigenvalue weighted by atomic mass is 16.5. The van der Waals surface area contributed by atoms with Crippen molar-refractivity contribution in [1.82, 2.24) is 0 Å². The SMILES string of the molecule is CCC(C)(C)C(O)C(CO)(CO)C(Oc1ccccc1)(c1ccc(C)cc1)C(C)(C)CC. The Morgan fingerprint density at radius 1 is 0.812 bits per heavy atom. The van der Waals surface area contributed by atoms with Crippen LogP contribution in [-0.2, 0) is 5.60 Å². The predicted octanol–water partition coefficient (Wildman–Crippen LogP) is 5.47. The summed E-state index contributed by atoms with van der Waals surface area (Å²) in [7, 11) is 0. The second-order valence-corrected chi connectivity index (χ2v) is 10.4. The molecule has 4 nitrogen and oxygen atoms in total. The van der Waals surface area contributed by atoms with Crippen molar-refractivity contribution in [2.75, 3.05) is 13.2 Å². The van der Waals surface area contributed by atoms with Gasteiger partial charge in [-0.1, -0.05) is 89.6 Å². The monoisotopic (exact) mass is 442 g/mol. The van der Waals surface area contributed by atoms with Crippen LogP contribution in [0.2, 0.25) is 0 Å². The van der Waals surface area contributed by atoms with Crippen LogP contribution in [0.25, 0.3) is 0 Å². The molecule has 2 unspecified atom stereocenters. The third-order valence-corrected chi connectivity index (χ3v) is 7.75. The van der Waals surface area contributed by atoms with E-state index in [0.29, 0.717) is 18.6 Å². The Morgan fingerprint density at radius 3 is 1.78 bits per heavy atom. The van der Waals surface area contributed by atoms with Crippen LogP contribution in [-0.4, -0.2) is 34.6 Å². The van der Waals surface area contributed by atoms with Crippen LogP contribution in [0, 0.1) is 23.2 Å². The molecule has 0 spiro atoms. The minimum absolute atomic E-state index is 0.432. The van der Waals surface area contributed by atoms with E-state index in [0.717, 1.165) is 11.1 Å². The van der Waals surface area contributed by atoms with Gasteiger partial charge in [0.1, 0.15) is 5.75 Å². The minimum Gasteiger partial charge on any atom is -0.481 e. The molecular formula is C28H42O4. The summed E-state index contributed by atoms with van der Waals surface area (Å²) < 4.78 is 6.91. The summed E-state index contributed by atoms with van der Waals surface area (Å²) in [6.45, 7) is 13.4. The van der Waals surface area contributed by atoms with Crippen LogP contribution >= 0.6 is 0 Å². The zero-order valence-corrected chi connectivity index (χ0v) is 20.9. The lowest BCUT2D eigenvalue weighted by Crippen LogP contribution is -2.68. The molecular weight excluding hydrogens is 400 g/mol. The highest BCUT2D eigenvalue weighted by Crippen LogP contribution is 2.59. The lowest BCUT2D eigenvalue weighted by atomic mass is 9.51. The van der Waals surface area contributed by atoms with Crippen LogP contribution in [0.3, 0.4) is 0 Å². The molecule has 2 rings (SSSR count). The second kappa shape index (κ2) is 9.94. The highest BCUT2D eigenvalue weighted by molar-refractivity contribution is 5.36. The van der Waals surface area contributed by atoms with Crippen molar-refractivity contribution in [3.63, 3.8) is 0 Å². The van der Waals surface area contributed by atoms with Gasteiger partial charge >= 0.3 is 0 Å². The number of hydrogen-bond acceptors (Lipinski definition) is 4. The van der Waals surface area contributed by atoms with Gasteiger partial charge in [0, 0.05) is 5.41 Å². The zero-order valence-electron chi connectivity index (χ0n) is 20.9. The van der Waals surface area contributed by atoms with Crippen molar-refractivity contribution < 1.29 is 20.1 Å². The molecule has 2 aromatic rings. The second-order valence-electron chi connectivity index (χ2n) is 10.4. The molecule has 0 heterocycles. The number of aliphatic hydroxyl groups is 3. The summed E-state index contributed by atoms with van der Waals surface area (Å²) in [5, 5.41) is 33.9. The fraction of sp³-hybridized carbons (Fsp3) is 0.571. The first kappa shape index (κ1) is 26.4. The molecule has 0 aromatic heterocycles. The molecule has 0 amide bonds. The van der Waals surface area contributed by atoms with Crippen molar-refractivity contribution >= 4 is 0 Å². The molecule has 0 saturated heterocycles. The van der Waals surface area contributed by atoms with Crippen molar-refractivity contribution in [2.24, 2.45) is 16.2 Å². The summed E-state index contributed by atoms with van der Waals surface area (Å²) in [5.41, 5.74) is -1.80. The third kappa shape index (κ3) is 4.33. The topological polar surface area (TPSA) is 69.9 Å². The van der Waals surface area contributed by atoms with Crippen LogP contribution in [0.4, 0.5) is 0 Å². The van der Waals surface area contributed by atoms with Crippen LogP contribution in [0.1, 0.15) is 65.5 Å². The lowest BCUT2D eigenvalue weighted by Gasteiger charge is -2.60. The van der Waals surface area contributed by atoms with Crippen molar-refractivity contribution in [3.05, 3.63) is 65.7 Å². The number of aryl methyl sites for hydroxylation is 1. The predicted molar refractivity (Wildman–Crippen MR) is 131 cm³/mol. The van der Waals surface area contributed by atoms with Gasteiger partial charge in [0.25, 0.3) is 0 Å². The molecule has 4 heteroatoms.